The summed E-state index contributed by atoms with van der Waals surface area (Å²) in [5.74, 6) is -0.890. The van der Waals surface area contributed by atoms with Crippen molar-refractivity contribution in [1.29, 1.82) is 0 Å². The minimum absolute atomic E-state index is 0.157. The Morgan fingerprint density at radius 1 is 1.39 bits per heavy atom. The van der Waals surface area contributed by atoms with E-state index in [9.17, 15) is 4.79 Å². The third-order valence-corrected chi connectivity index (χ3v) is 2.83. The van der Waals surface area contributed by atoms with E-state index in [1.165, 1.54) is 0 Å². The predicted octanol–water partition coefficient (Wildman–Crippen LogP) is 1.96. The quantitative estimate of drug-likeness (QED) is 0.640. The fraction of sp³-hybridized carbons (Fsp3) is 0.0833. The van der Waals surface area contributed by atoms with Gasteiger partial charge in [0.25, 0.3) is 0 Å². The first kappa shape index (κ1) is 10.5. The molecule has 90 valence electrons. The van der Waals surface area contributed by atoms with Crippen molar-refractivity contribution in [3.8, 4) is 11.4 Å². The molecule has 0 unspecified atom stereocenters. The second-order valence-corrected chi connectivity index (χ2v) is 4.04. The lowest BCUT2D eigenvalue weighted by molar-refractivity contribution is 0.0684. The molecule has 3 N–H and O–H groups in total. The molecule has 3 aromatic rings. The van der Waals surface area contributed by atoms with Gasteiger partial charge < -0.3 is 10.1 Å². The van der Waals surface area contributed by atoms with Crippen LogP contribution in [0.15, 0.2) is 24.4 Å². The molecular formula is C12H10N4O2. The van der Waals surface area contributed by atoms with E-state index in [1.807, 2.05) is 31.3 Å². The Bertz CT molecular complexity index is 741. The van der Waals surface area contributed by atoms with Gasteiger partial charge in [0.15, 0.2) is 5.82 Å². The zero-order valence-corrected chi connectivity index (χ0v) is 9.56. The SMILES string of the molecule is Cc1c[nH]c2ccc(-c3n[nH]c(C(=O)O)n3)cc12. The smallest absolute Gasteiger partial charge is 0.373 e. The molecule has 0 atom stereocenters. The van der Waals surface area contributed by atoms with Crippen LogP contribution in [0.4, 0.5) is 0 Å². The number of aryl methyl sites for hydroxylation is 1. The van der Waals surface area contributed by atoms with Gasteiger partial charge in [0, 0.05) is 22.7 Å². The van der Waals surface area contributed by atoms with Gasteiger partial charge in [0.1, 0.15) is 0 Å². The lowest BCUT2D eigenvalue weighted by atomic mass is 10.1. The van der Waals surface area contributed by atoms with Crippen LogP contribution in [0.3, 0.4) is 0 Å². The summed E-state index contributed by atoms with van der Waals surface area (Å²) in [5, 5.41) is 16.2. The van der Waals surface area contributed by atoms with Crippen molar-refractivity contribution in [2.75, 3.05) is 0 Å². The van der Waals surface area contributed by atoms with Crippen LogP contribution < -0.4 is 0 Å². The summed E-state index contributed by atoms with van der Waals surface area (Å²) < 4.78 is 0. The van der Waals surface area contributed by atoms with Crippen LogP contribution in [0.2, 0.25) is 0 Å². The van der Waals surface area contributed by atoms with E-state index in [1.54, 1.807) is 0 Å². The summed E-state index contributed by atoms with van der Waals surface area (Å²) in [6.07, 6.45) is 1.93. The van der Waals surface area contributed by atoms with Crippen LogP contribution in [-0.2, 0) is 0 Å². The van der Waals surface area contributed by atoms with E-state index in [2.05, 4.69) is 20.2 Å². The zero-order chi connectivity index (χ0) is 12.7. The fourth-order valence-electron chi connectivity index (χ4n) is 1.89. The van der Waals surface area contributed by atoms with Gasteiger partial charge in [-0.15, -0.1) is 0 Å². The lowest BCUT2D eigenvalue weighted by Crippen LogP contribution is -1.98. The zero-order valence-electron chi connectivity index (χ0n) is 9.56. The number of fused-ring (bicyclic) bond motifs is 1. The minimum Gasteiger partial charge on any atom is -0.475 e. The molecule has 0 bridgehead atoms. The number of nitrogens with one attached hydrogen (secondary N) is 2. The van der Waals surface area contributed by atoms with E-state index in [0.717, 1.165) is 22.0 Å². The molecule has 2 heterocycles. The van der Waals surface area contributed by atoms with Crippen LogP contribution in [0.25, 0.3) is 22.3 Å². The molecule has 18 heavy (non-hydrogen) atoms. The van der Waals surface area contributed by atoms with Crippen molar-refractivity contribution in [2.24, 2.45) is 0 Å². The van der Waals surface area contributed by atoms with E-state index >= 15 is 0 Å². The van der Waals surface area contributed by atoms with E-state index in [-0.39, 0.29) is 5.82 Å². The summed E-state index contributed by atoms with van der Waals surface area (Å²) in [5.41, 5.74) is 2.94. The molecule has 6 heteroatoms. The topological polar surface area (TPSA) is 94.7 Å². The average Bonchev–Trinajstić information content (AvgIpc) is 2.96. The molecule has 0 amide bonds. The second-order valence-electron chi connectivity index (χ2n) is 4.04. The van der Waals surface area contributed by atoms with Crippen LogP contribution in [0.5, 0.6) is 0 Å². The molecule has 0 saturated heterocycles. The molecule has 0 saturated carbocycles. The highest BCUT2D eigenvalue weighted by molar-refractivity contribution is 5.87. The number of aromatic carboxylic acids is 1. The molecule has 0 radical (unpaired) electrons. The first-order valence-electron chi connectivity index (χ1n) is 5.39. The molecule has 6 nitrogen and oxygen atoms in total. The number of benzene rings is 1. The maximum atomic E-state index is 10.7. The summed E-state index contributed by atoms with van der Waals surface area (Å²) >= 11 is 0. The monoisotopic (exact) mass is 242 g/mol. The number of carboxylic acid groups (broad SMARTS) is 1. The van der Waals surface area contributed by atoms with Crippen LogP contribution in [-0.4, -0.2) is 31.2 Å². The van der Waals surface area contributed by atoms with Gasteiger partial charge in [-0.25, -0.2) is 9.78 Å². The van der Waals surface area contributed by atoms with Gasteiger partial charge in [0.2, 0.25) is 5.82 Å². The number of carboxylic acids is 1. The largest absolute Gasteiger partial charge is 0.475 e. The van der Waals surface area contributed by atoms with Crippen molar-refractivity contribution in [1.82, 2.24) is 20.2 Å². The van der Waals surface area contributed by atoms with Crippen molar-refractivity contribution in [3.63, 3.8) is 0 Å². The summed E-state index contributed by atoms with van der Waals surface area (Å²) in [6, 6.07) is 5.72. The highest BCUT2D eigenvalue weighted by atomic mass is 16.4. The van der Waals surface area contributed by atoms with Gasteiger partial charge >= 0.3 is 5.97 Å². The minimum atomic E-state index is -1.12. The van der Waals surface area contributed by atoms with Crippen LogP contribution in [0, 0.1) is 6.92 Å². The van der Waals surface area contributed by atoms with E-state index in [0.29, 0.717) is 5.82 Å². The van der Waals surface area contributed by atoms with Crippen molar-refractivity contribution in [2.45, 2.75) is 6.92 Å². The second kappa shape index (κ2) is 3.69. The number of carbonyl (C=O) groups is 1. The Kier molecular flexibility index (Phi) is 2.16. The molecule has 0 aliphatic heterocycles. The average molecular weight is 242 g/mol. The Balaban J connectivity index is 2.12. The van der Waals surface area contributed by atoms with Gasteiger partial charge in [-0.05, 0) is 30.7 Å². The number of rotatable bonds is 2. The summed E-state index contributed by atoms with van der Waals surface area (Å²) in [6.45, 7) is 2.00. The van der Waals surface area contributed by atoms with Crippen LogP contribution in [0.1, 0.15) is 16.2 Å². The third-order valence-electron chi connectivity index (χ3n) is 2.83. The summed E-state index contributed by atoms with van der Waals surface area (Å²) in [4.78, 5) is 17.8. The Morgan fingerprint density at radius 3 is 2.94 bits per heavy atom. The highest BCUT2D eigenvalue weighted by Crippen LogP contribution is 2.23. The number of H-pyrrole nitrogens is 2. The van der Waals surface area contributed by atoms with Crippen molar-refractivity contribution < 1.29 is 9.90 Å². The van der Waals surface area contributed by atoms with Gasteiger partial charge in [0.05, 0.1) is 0 Å². The van der Waals surface area contributed by atoms with E-state index in [4.69, 9.17) is 5.11 Å². The van der Waals surface area contributed by atoms with E-state index < -0.39 is 5.97 Å². The van der Waals surface area contributed by atoms with Gasteiger partial charge in [-0.3, -0.25) is 5.10 Å². The molecule has 1 aromatic carbocycles. The molecule has 0 spiro atoms. The first-order chi connectivity index (χ1) is 8.65. The maximum absolute atomic E-state index is 10.7. The number of hydrogen-bond acceptors (Lipinski definition) is 3. The molecule has 0 aliphatic carbocycles. The molecule has 0 aliphatic rings. The maximum Gasteiger partial charge on any atom is 0.373 e. The van der Waals surface area contributed by atoms with Gasteiger partial charge in [-0.1, -0.05) is 0 Å². The number of aromatic amines is 2. The predicted molar refractivity (Wildman–Crippen MR) is 65.4 cm³/mol. The van der Waals surface area contributed by atoms with Crippen LogP contribution >= 0.6 is 0 Å². The fourth-order valence-corrected chi connectivity index (χ4v) is 1.89. The number of hydrogen-bond donors (Lipinski definition) is 3. The normalized spacial score (nSPS) is 10.9. The Labute approximate surface area is 102 Å². The lowest BCUT2D eigenvalue weighted by Gasteiger charge is -1.96. The molecule has 2 aromatic heterocycles. The van der Waals surface area contributed by atoms with Crippen molar-refractivity contribution >= 4 is 16.9 Å². The molecule has 3 rings (SSSR count). The third kappa shape index (κ3) is 1.55. The highest BCUT2D eigenvalue weighted by Gasteiger charge is 2.12. The molecule has 0 fully saturated rings. The van der Waals surface area contributed by atoms with Crippen molar-refractivity contribution in [3.05, 3.63) is 35.8 Å². The van der Waals surface area contributed by atoms with Gasteiger partial charge in [-0.2, -0.15) is 5.10 Å². The Hall–Kier alpha value is -2.63. The Morgan fingerprint density at radius 2 is 2.22 bits per heavy atom. The summed E-state index contributed by atoms with van der Waals surface area (Å²) in [7, 11) is 0. The number of nitrogens with zero attached hydrogens (tertiary/aromatic N) is 2. The number of aromatic nitrogens is 4. The first-order valence-corrected chi connectivity index (χ1v) is 5.39. The molecular weight excluding hydrogens is 232 g/mol. The standard InChI is InChI=1S/C12H10N4O2/c1-6-5-13-9-3-2-7(4-8(6)9)10-14-11(12(17)18)16-15-10/h2-5,13H,1H3,(H,17,18)(H,14,15,16).